The molecule has 1 aliphatic carbocycles. The zero-order chi connectivity index (χ0) is 18.0. The van der Waals surface area contributed by atoms with Gasteiger partial charge < -0.3 is 14.7 Å². The van der Waals surface area contributed by atoms with Gasteiger partial charge in [0.25, 0.3) is 0 Å². The molecule has 5 heteroatoms. The summed E-state index contributed by atoms with van der Waals surface area (Å²) in [5, 5.41) is 16.3. The molecule has 0 aromatic heterocycles. The van der Waals surface area contributed by atoms with E-state index in [4.69, 9.17) is 9.47 Å². The van der Waals surface area contributed by atoms with Gasteiger partial charge >= 0.3 is 0 Å². The molecule has 1 aromatic carbocycles. The van der Waals surface area contributed by atoms with Gasteiger partial charge in [-0.1, -0.05) is 49.7 Å². The molecule has 0 atom stereocenters. The summed E-state index contributed by atoms with van der Waals surface area (Å²) in [6, 6.07) is 9.19. The fourth-order valence-electron chi connectivity index (χ4n) is 2.43. The van der Waals surface area contributed by atoms with Gasteiger partial charge in [0.05, 0.1) is 13.2 Å². The number of hydrogen-bond donors (Lipinski definition) is 0. The Labute approximate surface area is 150 Å². The van der Waals surface area contributed by atoms with Crippen LogP contribution in [0, 0.1) is 5.21 Å². The summed E-state index contributed by atoms with van der Waals surface area (Å²) < 4.78 is 12.0. The minimum atomic E-state index is -0.762. The molecule has 136 valence electrons. The summed E-state index contributed by atoms with van der Waals surface area (Å²) in [6.45, 7) is 5.55. The van der Waals surface area contributed by atoms with E-state index in [2.05, 4.69) is 19.0 Å². The Kier molecular flexibility index (Phi) is 7.82. The summed E-state index contributed by atoms with van der Waals surface area (Å²) >= 11 is 0. The number of hydroxylamine groups is 1. The Bertz CT molecular complexity index is 599. The number of rotatable bonds is 10. The lowest BCUT2D eigenvalue weighted by molar-refractivity contribution is -0.468. The van der Waals surface area contributed by atoms with Crippen molar-refractivity contribution in [3.05, 3.63) is 59.5 Å². The molecule has 25 heavy (non-hydrogen) atoms. The Morgan fingerprint density at radius 3 is 2.24 bits per heavy atom. The van der Waals surface area contributed by atoms with E-state index in [1.165, 1.54) is 0 Å². The maximum absolute atomic E-state index is 12.2. The van der Waals surface area contributed by atoms with Crippen LogP contribution in [0.2, 0.25) is 0 Å². The van der Waals surface area contributed by atoms with E-state index in [1.54, 1.807) is 18.2 Å². The third-order valence-corrected chi connectivity index (χ3v) is 3.98. The molecule has 0 unspecified atom stereocenters. The summed E-state index contributed by atoms with van der Waals surface area (Å²) in [4.78, 5) is 0.647. The highest BCUT2D eigenvalue weighted by Gasteiger charge is 2.32. The van der Waals surface area contributed by atoms with Crippen LogP contribution in [0.5, 0.6) is 0 Å². The van der Waals surface area contributed by atoms with Crippen molar-refractivity contribution in [1.82, 2.24) is 0 Å². The Morgan fingerprint density at radius 2 is 1.72 bits per heavy atom. The van der Waals surface area contributed by atoms with E-state index in [-0.39, 0.29) is 0 Å². The molecular formula is C20H28N2O3. The lowest BCUT2D eigenvalue weighted by atomic mass is 10.1. The van der Waals surface area contributed by atoms with E-state index >= 15 is 0 Å². The fraction of sp³-hybridized carbons (Fsp3) is 0.500. The third-order valence-electron chi connectivity index (χ3n) is 3.98. The molecule has 0 fully saturated rings. The molecule has 0 radical (unpaired) electrons. The average molecular weight is 344 g/mol. The summed E-state index contributed by atoms with van der Waals surface area (Å²) in [5.41, 5.74) is 1.12. The Morgan fingerprint density at radius 1 is 1.08 bits per heavy atom. The van der Waals surface area contributed by atoms with Crippen molar-refractivity contribution < 1.29 is 14.3 Å². The van der Waals surface area contributed by atoms with Crippen molar-refractivity contribution in [1.29, 1.82) is 0 Å². The predicted molar refractivity (Wildman–Crippen MR) is 98.4 cm³/mol. The second-order valence-corrected chi connectivity index (χ2v) is 6.09. The smallest absolute Gasteiger partial charge is 0.241 e. The average Bonchev–Trinajstić information content (AvgIpc) is 2.64. The lowest BCUT2D eigenvalue weighted by Gasteiger charge is -2.31. The van der Waals surface area contributed by atoms with Gasteiger partial charge in [-0.25, -0.2) is 0 Å². The van der Waals surface area contributed by atoms with Gasteiger partial charge in [-0.3, -0.25) is 0 Å². The SMILES string of the molecule is CCCCOC1(OCCCC)C=CC([N+]([O-])=Nc2ccccc2)=CC1. The second kappa shape index (κ2) is 10.1. The van der Waals surface area contributed by atoms with Crippen LogP contribution < -0.4 is 0 Å². The predicted octanol–water partition coefficient (Wildman–Crippen LogP) is 5.45. The molecule has 0 bridgehead atoms. The molecule has 2 rings (SSSR count). The highest BCUT2D eigenvalue weighted by Crippen LogP contribution is 2.28. The lowest BCUT2D eigenvalue weighted by Crippen LogP contribution is -2.36. The molecule has 5 nitrogen and oxygen atoms in total. The monoisotopic (exact) mass is 344 g/mol. The maximum Gasteiger partial charge on any atom is 0.241 e. The quantitative estimate of drug-likeness (QED) is 0.186. The normalized spacial score (nSPS) is 16.7. The van der Waals surface area contributed by atoms with Gasteiger partial charge in [0.1, 0.15) is 5.69 Å². The highest BCUT2D eigenvalue weighted by molar-refractivity contribution is 5.34. The zero-order valence-electron chi connectivity index (χ0n) is 15.2. The van der Waals surface area contributed by atoms with Gasteiger partial charge in [-0.15, -0.1) is 0 Å². The first-order valence-electron chi connectivity index (χ1n) is 9.10. The van der Waals surface area contributed by atoms with E-state index < -0.39 is 5.79 Å². The van der Waals surface area contributed by atoms with Crippen LogP contribution >= 0.6 is 0 Å². The maximum atomic E-state index is 12.2. The summed E-state index contributed by atoms with van der Waals surface area (Å²) in [6.07, 6.45) is 10.0. The Hall–Kier alpha value is -1.98. The Balaban J connectivity index is 2.05. The third kappa shape index (κ3) is 6.11. The van der Waals surface area contributed by atoms with Gasteiger partial charge in [-0.05, 0) is 37.1 Å². The van der Waals surface area contributed by atoms with Gasteiger partial charge in [0.15, 0.2) is 5.79 Å². The first-order chi connectivity index (χ1) is 12.2. The molecule has 1 aliphatic rings. The van der Waals surface area contributed by atoms with E-state index in [1.807, 2.05) is 30.4 Å². The summed E-state index contributed by atoms with van der Waals surface area (Å²) in [7, 11) is 0. The molecule has 0 saturated heterocycles. The van der Waals surface area contributed by atoms with E-state index in [0.29, 0.717) is 35.9 Å². The minimum Gasteiger partial charge on any atom is -0.594 e. The number of azo groups is 1. The topological polar surface area (TPSA) is 56.9 Å². The van der Waals surface area contributed by atoms with Crippen LogP contribution in [0.3, 0.4) is 0 Å². The summed E-state index contributed by atoms with van der Waals surface area (Å²) in [5.74, 6) is -0.762. The molecular weight excluding hydrogens is 316 g/mol. The molecule has 0 N–H and O–H groups in total. The van der Waals surface area contributed by atoms with Crippen LogP contribution in [-0.4, -0.2) is 23.9 Å². The van der Waals surface area contributed by atoms with Gasteiger partial charge in [0, 0.05) is 17.6 Å². The van der Waals surface area contributed by atoms with Crippen LogP contribution in [0.15, 0.2) is 59.4 Å². The van der Waals surface area contributed by atoms with Crippen molar-refractivity contribution >= 4 is 5.69 Å². The molecule has 0 amide bonds. The van der Waals surface area contributed by atoms with Crippen LogP contribution in [0.25, 0.3) is 0 Å². The largest absolute Gasteiger partial charge is 0.594 e. The number of ether oxygens (including phenoxy) is 2. The first kappa shape index (κ1) is 19.3. The minimum absolute atomic E-state index is 0.498. The van der Waals surface area contributed by atoms with E-state index in [0.717, 1.165) is 25.7 Å². The second-order valence-electron chi connectivity index (χ2n) is 6.09. The molecule has 0 aliphatic heterocycles. The van der Waals surface area contributed by atoms with Gasteiger partial charge in [0.2, 0.25) is 5.70 Å². The molecule has 0 spiro atoms. The number of nitrogens with zero attached hydrogens (tertiary/aromatic N) is 2. The van der Waals surface area contributed by atoms with Crippen molar-refractivity contribution in [3.8, 4) is 0 Å². The highest BCUT2D eigenvalue weighted by atomic mass is 16.7. The van der Waals surface area contributed by atoms with Crippen molar-refractivity contribution in [2.75, 3.05) is 13.2 Å². The number of hydrogen-bond acceptors (Lipinski definition) is 4. The van der Waals surface area contributed by atoms with Crippen molar-refractivity contribution in [2.24, 2.45) is 5.11 Å². The van der Waals surface area contributed by atoms with Gasteiger partial charge in [-0.2, -0.15) is 0 Å². The van der Waals surface area contributed by atoms with Crippen molar-refractivity contribution in [3.63, 3.8) is 0 Å². The van der Waals surface area contributed by atoms with E-state index in [9.17, 15) is 5.21 Å². The molecule has 0 heterocycles. The zero-order valence-corrected chi connectivity index (χ0v) is 15.2. The fourth-order valence-corrected chi connectivity index (χ4v) is 2.43. The standard InChI is InChI=1S/C20H28N2O3/c1-3-5-16-24-20(25-17-6-4-2)14-12-19(13-15-20)22(23)21-18-10-8-7-9-11-18/h7-14H,3-6,15-17H2,1-2H3. The number of unbranched alkanes of at least 4 members (excludes halogenated alkanes) is 2. The molecule has 0 saturated carbocycles. The molecule has 1 aromatic rings. The number of allylic oxidation sites excluding steroid dienone is 1. The van der Waals surface area contributed by atoms with Crippen LogP contribution in [0.4, 0.5) is 5.69 Å². The van der Waals surface area contributed by atoms with Crippen LogP contribution in [-0.2, 0) is 9.47 Å². The number of benzene rings is 1. The van der Waals surface area contributed by atoms with Crippen LogP contribution in [0.1, 0.15) is 46.0 Å². The van der Waals surface area contributed by atoms with Crippen molar-refractivity contribution in [2.45, 2.75) is 51.7 Å². The first-order valence-corrected chi connectivity index (χ1v) is 9.10.